The van der Waals surface area contributed by atoms with Crippen molar-refractivity contribution in [2.45, 2.75) is 6.54 Å². The number of nitrogen functional groups attached to an aromatic ring is 1. The van der Waals surface area contributed by atoms with Crippen LogP contribution < -0.4 is 11.1 Å². The van der Waals surface area contributed by atoms with Gasteiger partial charge < -0.3 is 11.1 Å². The average molecular weight is 268 g/mol. The SMILES string of the molecule is Nc1cnccc1NCc1cc(Cl)ccc1Cl. The van der Waals surface area contributed by atoms with Gasteiger partial charge in [0, 0.05) is 22.8 Å². The number of nitrogens with zero attached hydrogens (tertiary/aromatic N) is 1. The van der Waals surface area contributed by atoms with E-state index in [4.69, 9.17) is 28.9 Å². The topological polar surface area (TPSA) is 50.9 Å². The fourth-order valence-corrected chi connectivity index (χ4v) is 1.82. The largest absolute Gasteiger partial charge is 0.396 e. The summed E-state index contributed by atoms with van der Waals surface area (Å²) in [5.74, 6) is 0. The lowest BCUT2D eigenvalue weighted by atomic mass is 10.2. The second-order valence-corrected chi connectivity index (χ2v) is 4.40. The summed E-state index contributed by atoms with van der Waals surface area (Å²) in [6.45, 7) is 0.563. The lowest BCUT2D eigenvalue weighted by Gasteiger charge is -2.10. The molecule has 0 aliphatic rings. The highest BCUT2D eigenvalue weighted by atomic mass is 35.5. The zero-order valence-electron chi connectivity index (χ0n) is 8.95. The first-order valence-electron chi connectivity index (χ1n) is 5.04. The Balaban J connectivity index is 2.12. The van der Waals surface area contributed by atoms with E-state index in [1.807, 2.05) is 12.1 Å². The van der Waals surface area contributed by atoms with Crippen LogP contribution in [0.2, 0.25) is 10.0 Å². The Bertz CT molecular complexity index is 529. The minimum atomic E-state index is 0.563. The maximum Gasteiger partial charge on any atom is 0.0736 e. The van der Waals surface area contributed by atoms with E-state index in [0.717, 1.165) is 11.3 Å². The number of anilines is 2. The highest BCUT2D eigenvalue weighted by Crippen LogP contribution is 2.23. The van der Waals surface area contributed by atoms with Crippen molar-refractivity contribution in [3.63, 3.8) is 0 Å². The van der Waals surface area contributed by atoms with Crippen molar-refractivity contribution in [2.75, 3.05) is 11.1 Å². The molecule has 5 heteroatoms. The van der Waals surface area contributed by atoms with Gasteiger partial charge in [-0.2, -0.15) is 0 Å². The van der Waals surface area contributed by atoms with Gasteiger partial charge in [0.15, 0.2) is 0 Å². The van der Waals surface area contributed by atoms with E-state index in [2.05, 4.69) is 10.3 Å². The van der Waals surface area contributed by atoms with Gasteiger partial charge in [0.25, 0.3) is 0 Å². The van der Waals surface area contributed by atoms with Crippen LogP contribution in [-0.2, 0) is 6.54 Å². The molecular formula is C12H11Cl2N3. The van der Waals surface area contributed by atoms with Gasteiger partial charge in [0.1, 0.15) is 0 Å². The van der Waals surface area contributed by atoms with E-state index >= 15 is 0 Å². The first-order valence-corrected chi connectivity index (χ1v) is 5.79. The third kappa shape index (κ3) is 3.02. The zero-order chi connectivity index (χ0) is 12.3. The summed E-state index contributed by atoms with van der Waals surface area (Å²) in [5, 5.41) is 4.53. The highest BCUT2D eigenvalue weighted by Gasteiger charge is 2.02. The van der Waals surface area contributed by atoms with Crippen molar-refractivity contribution in [1.82, 2.24) is 4.98 Å². The van der Waals surface area contributed by atoms with E-state index in [1.54, 1.807) is 24.5 Å². The fraction of sp³-hybridized carbons (Fsp3) is 0.0833. The van der Waals surface area contributed by atoms with Crippen molar-refractivity contribution in [1.29, 1.82) is 0 Å². The van der Waals surface area contributed by atoms with E-state index in [0.29, 0.717) is 22.3 Å². The number of rotatable bonds is 3. The molecule has 1 aromatic heterocycles. The second-order valence-electron chi connectivity index (χ2n) is 3.55. The molecule has 88 valence electrons. The van der Waals surface area contributed by atoms with Gasteiger partial charge in [-0.05, 0) is 29.8 Å². The standard InChI is InChI=1S/C12H11Cl2N3/c13-9-1-2-10(14)8(5-9)6-17-12-3-4-16-7-11(12)15/h1-5,7H,6,15H2,(H,16,17). The molecule has 2 rings (SSSR count). The fourth-order valence-electron chi connectivity index (χ4n) is 1.44. The Labute approximate surface area is 110 Å². The number of pyridine rings is 1. The number of halogens is 2. The Morgan fingerprint density at radius 1 is 1.24 bits per heavy atom. The summed E-state index contributed by atoms with van der Waals surface area (Å²) < 4.78 is 0. The molecule has 17 heavy (non-hydrogen) atoms. The molecule has 1 aromatic carbocycles. The molecule has 0 aliphatic carbocycles. The second kappa shape index (κ2) is 5.25. The molecule has 0 atom stereocenters. The van der Waals surface area contributed by atoms with Crippen molar-refractivity contribution < 1.29 is 0 Å². The van der Waals surface area contributed by atoms with Gasteiger partial charge in [-0.3, -0.25) is 4.98 Å². The molecule has 0 bridgehead atoms. The van der Waals surface area contributed by atoms with Gasteiger partial charge in [-0.25, -0.2) is 0 Å². The Morgan fingerprint density at radius 2 is 2.06 bits per heavy atom. The predicted molar refractivity (Wildman–Crippen MR) is 72.4 cm³/mol. The number of aromatic nitrogens is 1. The van der Waals surface area contributed by atoms with Crippen LogP contribution in [0.3, 0.4) is 0 Å². The van der Waals surface area contributed by atoms with Crippen LogP contribution in [0.4, 0.5) is 11.4 Å². The van der Waals surface area contributed by atoms with Crippen LogP contribution in [0.5, 0.6) is 0 Å². The molecule has 0 radical (unpaired) electrons. The minimum absolute atomic E-state index is 0.563. The van der Waals surface area contributed by atoms with E-state index in [-0.39, 0.29) is 0 Å². The summed E-state index contributed by atoms with van der Waals surface area (Å²) >= 11 is 12.0. The number of benzene rings is 1. The molecule has 3 nitrogen and oxygen atoms in total. The molecule has 0 saturated heterocycles. The van der Waals surface area contributed by atoms with Gasteiger partial charge in [0.05, 0.1) is 17.6 Å². The summed E-state index contributed by atoms with van der Waals surface area (Å²) in [5.41, 5.74) is 8.13. The van der Waals surface area contributed by atoms with Crippen LogP contribution in [0.25, 0.3) is 0 Å². The van der Waals surface area contributed by atoms with Crippen molar-refractivity contribution >= 4 is 34.6 Å². The van der Waals surface area contributed by atoms with Gasteiger partial charge in [-0.15, -0.1) is 0 Å². The molecule has 0 unspecified atom stereocenters. The molecule has 0 saturated carbocycles. The molecule has 0 aliphatic heterocycles. The molecule has 0 amide bonds. The molecular weight excluding hydrogens is 257 g/mol. The third-order valence-corrected chi connectivity index (χ3v) is 2.93. The van der Waals surface area contributed by atoms with Crippen LogP contribution >= 0.6 is 23.2 Å². The lowest BCUT2D eigenvalue weighted by Crippen LogP contribution is -2.03. The summed E-state index contributed by atoms with van der Waals surface area (Å²) in [4.78, 5) is 3.92. The summed E-state index contributed by atoms with van der Waals surface area (Å²) in [6, 6.07) is 7.17. The maximum absolute atomic E-state index is 6.06. The summed E-state index contributed by atoms with van der Waals surface area (Å²) in [7, 11) is 0. The van der Waals surface area contributed by atoms with Gasteiger partial charge in [-0.1, -0.05) is 23.2 Å². The minimum Gasteiger partial charge on any atom is -0.396 e. The third-order valence-electron chi connectivity index (χ3n) is 2.33. The quantitative estimate of drug-likeness (QED) is 0.894. The van der Waals surface area contributed by atoms with Crippen LogP contribution in [0, 0.1) is 0 Å². The predicted octanol–water partition coefficient (Wildman–Crippen LogP) is 3.58. The van der Waals surface area contributed by atoms with Crippen LogP contribution in [0.15, 0.2) is 36.7 Å². The van der Waals surface area contributed by atoms with Gasteiger partial charge in [0.2, 0.25) is 0 Å². The highest BCUT2D eigenvalue weighted by molar-refractivity contribution is 6.33. The molecule has 2 aromatic rings. The maximum atomic E-state index is 6.06. The first kappa shape index (κ1) is 12.0. The lowest BCUT2D eigenvalue weighted by molar-refractivity contribution is 1.14. The Hall–Kier alpha value is -1.45. The Morgan fingerprint density at radius 3 is 2.82 bits per heavy atom. The molecule has 0 spiro atoms. The van der Waals surface area contributed by atoms with E-state index in [1.165, 1.54) is 0 Å². The number of nitrogens with two attached hydrogens (primary N) is 1. The average Bonchev–Trinajstić information content (AvgIpc) is 2.32. The number of nitrogens with one attached hydrogen (secondary N) is 1. The van der Waals surface area contributed by atoms with Crippen LogP contribution in [-0.4, -0.2) is 4.98 Å². The van der Waals surface area contributed by atoms with Crippen molar-refractivity contribution in [3.8, 4) is 0 Å². The number of hydrogen-bond donors (Lipinski definition) is 2. The molecule has 0 fully saturated rings. The Kier molecular flexibility index (Phi) is 3.71. The van der Waals surface area contributed by atoms with Crippen LogP contribution in [0.1, 0.15) is 5.56 Å². The monoisotopic (exact) mass is 267 g/mol. The van der Waals surface area contributed by atoms with E-state index in [9.17, 15) is 0 Å². The first-order chi connectivity index (χ1) is 8.16. The molecule has 3 N–H and O–H groups in total. The van der Waals surface area contributed by atoms with Crippen molar-refractivity contribution in [2.24, 2.45) is 0 Å². The molecule has 1 heterocycles. The smallest absolute Gasteiger partial charge is 0.0736 e. The van der Waals surface area contributed by atoms with Crippen molar-refractivity contribution in [3.05, 3.63) is 52.3 Å². The number of hydrogen-bond acceptors (Lipinski definition) is 3. The summed E-state index contributed by atoms with van der Waals surface area (Å²) in [6.07, 6.45) is 3.28. The normalized spacial score (nSPS) is 10.2. The van der Waals surface area contributed by atoms with Gasteiger partial charge >= 0.3 is 0 Å². The van der Waals surface area contributed by atoms with E-state index < -0.39 is 0 Å². The zero-order valence-corrected chi connectivity index (χ0v) is 10.5.